The third-order valence-corrected chi connectivity index (χ3v) is 3.81. The molecule has 0 spiro atoms. The third kappa shape index (κ3) is 4.00. The van der Waals surface area contributed by atoms with Crippen LogP contribution in [0, 0.1) is 0 Å². The fraction of sp³-hybridized carbons (Fsp3) is 0.857. The Kier molecular flexibility index (Phi) is 5.38. The van der Waals surface area contributed by atoms with Crippen molar-refractivity contribution in [1.29, 1.82) is 0 Å². The Labute approximate surface area is 75.3 Å². The number of rotatable bonds is 4. The lowest BCUT2D eigenvalue weighted by molar-refractivity contribution is -0.137. The van der Waals surface area contributed by atoms with E-state index in [1.807, 2.05) is 37.5 Å². The molecule has 0 fully saturated rings. The maximum atomic E-state index is 11.0. The molecule has 0 rings (SSSR count). The van der Waals surface area contributed by atoms with Gasteiger partial charge in [0, 0.05) is 8.22 Å². The Bertz CT molecular complexity index is 142. The highest BCUT2D eigenvalue weighted by Gasteiger charge is 2.18. The van der Waals surface area contributed by atoms with Crippen LogP contribution in [0.4, 0.5) is 0 Å². The lowest BCUT2D eigenvalue weighted by Gasteiger charge is -2.28. The second kappa shape index (κ2) is 5.46. The number of carbonyl (C=O) groups is 1. The highest BCUT2D eigenvalue weighted by molar-refractivity contribution is 7.53. The summed E-state index contributed by atoms with van der Waals surface area (Å²) in [6, 6.07) is 0. The first kappa shape index (κ1) is 11.8. The normalized spacial score (nSPS) is 11.3. The van der Waals surface area contributed by atoms with Crippen molar-refractivity contribution in [1.82, 2.24) is 9.34 Å². The van der Waals surface area contributed by atoms with Gasteiger partial charge in [0.15, 0.2) is 0 Å². The van der Waals surface area contributed by atoms with Crippen LogP contribution in [-0.2, 0) is 9.53 Å². The first-order valence-corrected chi connectivity index (χ1v) is 5.11. The summed E-state index contributed by atoms with van der Waals surface area (Å²) < 4.78 is 8.70. The van der Waals surface area contributed by atoms with Gasteiger partial charge >= 0.3 is 5.97 Å². The van der Waals surface area contributed by atoms with E-state index in [4.69, 9.17) is 0 Å². The summed E-state index contributed by atoms with van der Waals surface area (Å²) >= 11 is 0. The smallest absolute Gasteiger partial charge is 0.312 e. The Hall–Kier alpha value is -0.180. The molecule has 0 aliphatic carbocycles. The molecule has 0 aromatic heterocycles. The maximum absolute atomic E-state index is 11.0. The highest BCUT2D eigenvalue weighted by Crippen LogP contribution is 2.38. The molecule has 0 saturated carbocycles. The molecule has 0 atom stereocenters. The van der Waals surface area contributed by atoms with Crippen molar-refractivity contribution in [3.05, 3.63) is 0 Å². The van der Waals surface area contributed by atoms with Crippen molar-refractivity contribution in [3.8, 4) is 0 Å². The van der Waals surface area contributed by atoms with Gasteiger partial charge in [0.2, 0.25) is 0 Å². The number of methoxy groups -OCH3 is 1. The van der Waals surface area contributed by atoms with Crippen LogP contribution in [0.3, 0.4) is 0 Å². The molecule has 0 bridgehead atoms. The fourth-order valence-corrected chi connectivity index (χ4v) is 2.46. The third-order valence-electron chi connectivity index (χ3n) is 1.42. The van der Waals surface area contributed by atoms with Crippen molar-refractivity contribution in [2.75, 3.05) is 41.5 Å². The molecule has 0 saturated heterocycles. The zero-order valence-electron chi connectivity index (χ0n) is 8.37. The van der Waals surface area contributed by atoms with Gasteiger partial charge < -0.3 is 4.74 Å². The predicted octanol–water partition coefficient (Wildman–Crippen LogP) is 0.594. The second-order valence-electron chi connectivity index (χ2n) is 2.80. The summed E-state index contributed by atoms with van der Waals surface area (Å²) in [5.74, 6) is -0.150. The SMILES string of the molecule is COC(=O)CP(N(C)C)N(C)C. The van der Waals surface area contributed by atoms with E-state index in [9.17, 15) is 4.79 Å². The van der Waals surface area contributed by atoms with E-state index in [0.717, 1.165) is 0 Å². The predicted molar refractivity (Wildman–Crippen MR) is 51.2 cm³/mol. The molecule has 0 amide bonds. The maximum Gasteiger partial charge on any atom is 0.312 e. The molecule has 4 nitrogen and oxygen atoms in total. The van der Waals surface area contributed by atoms with Gasteiger partial charge in [-0.2, -0.15) is 0 Å². The van der Waals surface area contributed by atoms with Crippen LogP contribution in [0.5, 0.6) is 0 Å². The van der Waals surface area contributed by atoms with E-state index in [2.05, 4.69) is 4.74 Å². The molecule has 12 heavy (non-hydrogen) atoms. The summed E-state index contributed by atoms with van der Waals surface area (Å²) in [7, 11) is 8.75. The quantitative estimate of drug-likeness (QED) is 0.482. The van der Waals surface area contributed by atoms with Crippen molar-refractivity contribution in [2.24, 2.45) is 0 Å². The second-order valence-corrected chi connectivity index (χ2v) is 5.46. The van der Waals surface area contributed by atoms with Crippen LogP contribution in [-0.4, -0.2) is 56.8 Å². The van der Waals surface area contributed by atoms with Gasteiger partial charge in [0.05, 0.1) is 13.3 Å². The van der Waals surface area contributed by atoms with Gasteiger partial charge in [-0.1, -0.05) is 0 Å². The van der Waals surface area contributed by atoms with Crippen LogP contribution in [0.15, 0.2) is 0 Å². The van der Waals surface area contributed by atoms with Crippen molar-refractivity contribution < 1.29 is 9.53 Å². The van der Waals surface area contributed by atoms with Crippen LogP contribution >= 0.6 is 8.22 Å². The Balaban J connectivity index is 4.05. The van der Waals surface area contributed by atoms with Crippen LogP contribution in [0.2, 0.25) is 0 Å². The summed E-state index contributed by atoms with van der Waals surface area (Å²) in [6.07, 6.45) is 0.464. The number of nitrogens with zero attached hydrogens (tertiary/aromatic N) is 2. The molecular formula is C7H17N2O2P. The largest absolute Gasteiger partial charge is 0.469 e. The van der Waals surface area contributed by atoms with Gasteiger partial charge in [-0.3, -0.25) is 14.1 Å². The molecule has 0 radical (unpaired) electrons. The Morgan fingerprint density at radius 3 is 1.92 bits per heavy atom. The van der Waals surface area contributed by atoms with E-state index in [0.29, 0.717) is 6.16 Å². The molecule has 0 N–H and O–H groups in total. The van der Waals surface area contributed by atoms with Crippen molar-refractivity contribution in [2.45, 2.75) is 0 Å². The van der Waals surface area contributed by atoms with E-state index in [1.165, 1.54) is 7.11 Å². The zero-order chi connectivity index (χ0) is 9.72. The van der Waals surface area contributed by atoms with E-state index < -0.39 is 8.22 Å². The topological polar surface area (TPSA) is 32.8 Å². The lowest BCUT2D eigenvalue weighted by Crippen LogP contribution is -2.22. The van der Waals surface area contributed by atoms with Gasteiger partial charge in [-0.05, 0) is 28.2 Å². The molecular weight excluding hydrogens is 175 g/mol. The molecule has 0 heterocycles. The van der Waals surface area contributed by atoms with E-state index >= 15 is 0 Å². The summed E-state index contributed by atoms with van der Waals surface area (Å²) in [6.45, 7) is 0. The molecule has 5 heteroatoms. The minimum atomic E-state index is -0.532. The number of hydrogen-bond donors (Lipinski definition) is 0. The molecule has 0 aliphatic rings. The average Bonchev–Trinajstić information content (AvgIpc) is 1.98. The van der Waals surface area contributed by atoms with E-state index in [-0.39, 0.29) is 5.97 Å². The number of ether oxygens (including phenoxy) is 1. The van der Waals surface area contributed by atoms with Gasteiger partial charge in [0.25, 0.3) is 0 Å². The standard InChI is InChI=1S/C7H17N2O2P/c1-8(2)12(9(3)4)6-7(10)11-5/h6H2,1-5H3. The van der Waals surface area contributed by atoms with Crippen LogP contribution < -0.4 is 0 Å². The summed E-state index contributed by atoms with van der Waals surface area (Å²) in [5, 5.41) is 0. The Morgan fingerprint density at radius 1 is 1.25 bits per heavy atom. The molecule has 0 aliphatic heterocycles. The number of hydrogen-bond acceptors (Lipinski definition) is 4. The fourth-order valence-electron chi connectivity index (χ4n) is 0.821. The molecule has 0 unspecified atom stereocenters. The summed E-state index contributed by atoms with van der Waals surface area (Å²) in [4.78, 5) is 11.0. The number of carbonyl (C=O) groups excluding carboxylic acids is 1. The minimum Gasteiger partial charge on any atom is -0.469 e. The minimum absolute atomic E-state index is 0.150. The van der Waals surface area contributed by atoms with Gasteiger partial charge in [-0.15, -0.1) is 0 Å². The zero-order valence-corrected chi connectivity index (χ0v) is 9.26. The van der Waals surface area contributed by atoms with Gasteiger partial charge in [0.1, 0.15) is 0 Å². The monoisotopic (exact) mass is 192 g/mol. The lowest BCUT2D eigenvalue weighted by atomic mass is 10.8. The van der Waals surface area contributed by atoms with Crippen molar-refractivity contribution in [3.63, 3.8) is 0 Å². The van der Waals surface area contributed by atoms with E-state index in [1.54, 1.807) is 0 Å². The van der Waals surface area contributed by atoms with Gasteiger partial charge in [-0.25, -0.2) is 0 Å². The van der Waals surface area contributed by atoms with Crippen molar-refractivity contribution >= 4 is 14.2 Å². The van der Waals surface area contributed by atoms with Crippen LogP contribution in [0.1, 0.15) is 0 Å². The number of esters is 1. The highest BCUT2D eigenvalue weighted by atomic mass is 31.1. The average molecular weight is 192 g/mol. The first-order chi connectivity index (χ1) is 5.49. The Morgan fingerprint density at radius 2 is 1.67 bits per heavy atom. The summed E-state index contributed by atoms with van der Waals surface area (Å²) in [5.41, 5.74) is 0. The molecule has 72 valence electrons. The molecule has 0 aromatic carbocycles. The van der Waals surface area contributed by atoms with Crippen LogP contribution in [0.25, 0.3) is 0 Å². The molecule has 0 aromatic rings. The first-order valence-electron chi connectivity index (χ1n) is 3.68.